The molecule has 0 unspecified atom stereocenters. The first kappa shape index (κ1) is 28.4. The summed E-state index contributed by atoms with van der Waals surface area (Å²) in [4.78, 5) is 40.9. The number of rotatable bonds is 8. The van der Waals surface area contributed by atoms with Gasteiger partial charge in [-0.2, -0.15) is 9.78 Å². The minimum Gasteiger partial charge on any atom is -0.481 e. The average Bonchev–Trinajstić information content (AvgIpc) is 2.96. The van der Waals surface area contributed by atoms with Gasteiger partial charge in [0.25, 0.3) is 5.56 Å². The number of halogens is 2. The van der Waals surface area contributed by atoms with Gasteiger partial charge in [0.15, 0.2) is 0 Å². The van der Waals surface area contributed by atoms with Gasteiger partial charge in [-0.25, -0.2) is 9.78 Å². The molecule has 1 saturated carbocycles. The number of aromatic nitrogens is 2. The Balaban J connectivity index is 1.50. The van der Waals surface area contributed by atoms with Crippen LogP contribution in [0.1, 0.15) is 65.3 Å². The molecular formula is C29H24BrClN4O6. The minimum atomic E-state index is -1.10. The number of carboxylic acids is 1. The molecule has 0 aliphatic heterocycles. The minimum absolute atomic E-state index is 0.0320. The predicted octanol–water partition coefficient (Wildman–Crippen LogP) is 6.93. The fourth-order valence-electron chi connectivity index (χ4n) is 4.93. The Labute approximate surface area is 247 Å². The second-order valence-electron chi connectivity index (χ2n) is 9.73. The highest BCUT2D eigenvalue weighted by Gasteiger charge is 2.24. The molecule has 1 N–H and O–H groups in total. The van der Waals surface area contributed by atoms with Crippen LogP contribution in [0.5, 0.6) is 5.75 Å². The summed E-state index contributed by atoms with van der Waals surface area (Å²) in [5, 5.41) is 25.9. The van der Waals surface area contributed by atoms with Crippen molar-refractivity contribution in [2.24, 2.45) is 5.10 Å². The van der Waals surface area contributed by atoms with E-state index < -0.39 is 16.6 Å². The van der Waals surface area contributed by atoms with Crippen LogP contribution in [-0.4, -0.2) is 31.9 Å². The van der Waals surface area contributed by atoms with E-state index >= 15 is 0 Å². The van der Waals surface area contributed by atoms with Crippen molar-refractivity contribution in [1.82, 2.24) is 9.66 Å². The Kier molecular flexibility index (Phi) is 8.46. The molecule has 0 radical (unpaired) electrons. The number of nitro groups is 1. The van der Waals surface area contributed by atoms with Gasteiger partial charge in [-0.3, -0.25) is 14.9 Å². The SMILES string of the molecule is O=C(O)c1cccc(COc2c(Cl)cc(C=Nn3c(C4CCCCC4)nc4ccc(Br)cc4c3=O)cc2[N+](=O)[O-])c1. The number of aromatic carboxylic acids is 1. The summed E-state index contributed by atoms with van der Waals surface area (Å²) in [7, 11) is 0. The highest BCUT2D eigenvalue weighted by Crippen LogP contribution is 2.37. The van der Waals surface area contributed by atoms with E-state index in [1.807, 2.05) is 6.07 Å². The van der Waals surface area contributed by atoms with Gasteiger partial charge in [0.05, 0.1) is 32.6 Å². The fourth-order valence-corrected chi connectivity index (χ4v) is 5.57. The second kappa shape index (κ2) is 12.2. The normalized spacial score (nSPS) is 14.0. The summed E-state index contributed by atoms with van der Waals surface area (Å²) in [6.07, 6.45) is 6.33. The molecule has 210 valence electrons. The molecule has 0 bridgehead atoms. The Morgan fingerprint density at radius 3 is 2.71 bits per heavy atom. The van der Waals surface area contributed by atoms with Gasteiger partial charge in [0.1, 0.15) is 12.4 Å². The number of hydrogen-bond acceptors (Lipinski definition) is 7. The second-order valence-corrected chi connectivity index (χ2v) is 11.1. The highest BCUT2D eigenvalue weighted by molar-refractivity contribution is 9.10. The molecule has 1 heterocycles. The van der Waals surface area contributed by atoms with E-state index in [9.17, 15) is 24.8 Å². The Morgan fingerprint density at radius 1 is 1.20 bits per heavy atom. The van der Waals surface area contributed by atoms with Crippen molar-refractivity contribution in [2.75, 3.05) is 0 Å². The highest BCUT2D eigenvalue weighted by atomic mass is 79.9. The third kappa shape index (κ3) is 6.31. The topological polar surface area (TPSA) is 137 Å². The predicted molar refractivity (Wildman–Crippen MR) is 158 cm³/mol. The van der Waals surface area contributed by atoms with Crippen molar-refractivity contribution < 1.29 is 19.6 Å². The molecule has 1 aliphatic rings. The first-order valence-electron chi connectivity index (χ1n) is 12.9. The number of nitrogens with zero attached hydrogens (tertiary/aromatic N) is 4. The molecule has 0 spiro atoms. The Morgan fingerprint density at radius 2 is 1.98 bits per heavy atom. The molecule has 12 heteroatoms. The number of hydrogen-bond donors (Lipinski definition) is 1. The molecular weight excluding hydrogens is 616 g/mol. The summed E-state index contributed by atoms with van der Waals surface area (Å²) in [5.74, 6) is -0.633. The van der Waals surface area contributed by atoms with Crippen LogP contribution in [0, 0.1) is 10.1 Å². The smallest absolute Gasteiger partial charge is 0.335 e. The lowest BCUT2D eigenvalue weighted by Crippen LogP contribution is -2.25. The molecule has 0 amide bonds. The lowest BCUT2D eigenvalue weighted by Gasteiger charge is -2.22. The zero-order chi connectivity index (χ0) is 29.1. The van der Waals surface area contributed by atoms with E-state index in [0.29, 0.717) is 22.3 Å². The lowest BCUT2D eigenvalue weighted by molar-refractivity contribution is -0.385. The molecule has 1 aliphatic carbocycles. The van der Waals surface area contributed by atoms with Crippen LogP contribution in [0.4, 0.5) is 5.69 Å². The number of ether oxygens (including phenoxy) is 1. The van der Waals surface area contributed by atoms with Crippen LogP contribution in [0.3, 0.4) is 0 Å². The van der Waals surface area contributed by atoms with Crippen molar-refractivity contribution in [3.8, 4) is 5.75 Å². The number of carbonyl (C=O) groups is 1. The standard InChI is InChI=1S/C29H24BrClN4O6/c30-21-9-10-24-22(14-21)28(36)34(27(33-24)19-6-2-1-3-7-19)32-15-18-12-23(31)26(25(13-18)35(39)40)41-16-17-5-4-8-20(11-17)29(37)38/h4-5,8-15,19H,1-3,6-7,16H2,(H,37,38). The number of carboxylic acid groups (broad SMARTS) is 1. The van der Waals surface area contributed by atoms with Crippen molar-refractivity contribution in [3.05, 3.63) is 107 Å². The molecule has 3 aromatic carbocycles. The molecule has 1 aromatic heterocycles. The van der Waals surface area contributed by atoms with Crippen LogP contribution < -0.4 is 10.3 Å². The van der Waals surface area contributed by atoms with Crippen LogP contribution in [0.2, 0.25) is 5.02 Å². The first-order chi connectivity index (χ1) is 19.7. The maximum Gasteiger partial charge on any atom is 0.335 e. The van der Waals surface area contributed by atoms with Crippen LogP contribution >= 0.6 is 27.5 Å². The number of fused-ring (bicyclic) bond motifs is 1. The maximum absolute atomic E-state index is 13.5. The molecule has 5 rings (SSSR count). The van der Waals surface area contributed by atoms with Crippen LogP contribution in [0.25, 0.3) is 10.9 Å². The van der Waals surface area contributed by atoms with E-state index in [-0.39, 0.29) is 40.0 Å². The van der Waals surface area contributed by atoms with Gasteiger partial charge in [-0.15, -0.1) is 0 Å². The molecule has 4 aromatic rings. The Hall–Kier alpha value is -4.09. The lowest BCUT2D eigenvalue weighted by atomic mass is 9.88. The van der Waals surface area contributed by atoms with E-state index in [4.69, 9.17) is 21.3 Å². The number of nitro benzene ring substituents is 1. The van der Waals surface area contributed by atoms with Gasteiger partial charge in [-0.1, -0.05) is 58.9 Å². The zero-order valence-corrected chi connectivity index (χ0v) is 24.0. The van der Waals surface area contributed by atoms with E-state index in [2.05, 4.69) is 21.0 Å². The maximum atomic E-state index is 13.5. The summed E-state index contributed by atoms with van der Waals surface area (Å²) < 4.78 is 7.68. The summed E-state index contributed by atoms with van der Waals surface area (Å²) >= 11 is 9.82. The van der Waals surface area contributed by atoms with Crippen molar-refractivity contribution in [3.63, 3.8) is 0 Å². The van der Waals surface area contributed by atoms with E-state index in [1.165, 1.54) is 35.2 Å². The average molecular weight is 640 g/mol. The van der Waals surface area contributed by atoms with Gasteiger partial charge < -0.3 is 9.84 Å². The van der Waals surface area contributed by atoms with Gasteiger partial charge >= 0.3 is 11.7 Å². The first-order valence-corrected chi connectivity index (χ1v) is 14.1. The monoisotopic (exact) mass is 638 g/mol. The van der Waals surface area contributed by atoms with Gasteiger partial charge in [0.2, 0.25) is 5.75 Å². The molecule has 0 saturated heterocycles. The molecule has 10 nitrogen and oxygen atoms in total. The molecule has 0 atom stereocenters. The largest absolute Gasteiger partial charge is 0.481 e. The van der Waals surface area contributed by atoms with Crippen LogP contribution in [-0.2, 0) is 6.61 Å². The van der Waals surface area contributed by atoms with E-state index in [1.54, 1.807) is 24.3 Å². The third-order valence-electron chi connectivity index (χ3n) is 6.93. The van der Waals surface area contributed by atoms with Crippen LogP contribution in [0.15, 0.2) is 69.0 Å². The van der Waals surface area contributed by atoms with Gasteiger partial charge in [-0.05, 0) is 54.8 Å². The summed E-state index contributed by atoms with van der Waals surface area (Å²) in [6, 6.07) is 14.1. The molecule has 1 fully saturated rings. The zero-order valence-electron chi connectivity index (χ0n) is 21.6. The number of benzene rings is 3. The molecule has 41 heavy (non-hydrogen) atoms. The van der Waals surface area contributed by atoms with Gasteiger partial charge in [0, 0.05) is 22.0 Å². The van der Waals surface area contributed by atoms with Crippen molar-refractivity contribution in [1.29, 1.82) is 0 Å². The van der Waals surface area contributed by atoms with E-state index in [0.717, 1.165) is 36.6 Å². The fraction of sp³-hybridized carbons (Fsp3) is 0.241. The summed E-state index contributed by atoms with van der Waals surface area (Å²) in [6.45, 7) is -0.131. The third-order valence-corrected chi connectivity index (χ3v) is 7.70. The van der Waals surface area contributed by atoms with Crippen molar-refractivity contribution >= 4 is 56.3 Å². The quantitative estimate of drug-likeness (QED) is 0.125. The Bertz CT molecular complexity index is 1750. The van der Waals surface area contributed by atoms with Crippen molar-refractivity contribution in [2.45, 2.75) is 44.6 Å². The summed E-state index contributed by atoms with van der Waals surface area (Å²) in [5.41, 5.74) is 0.714.